The number of hydrogen-bond acceptors (Lipinski definition) is 1. The van der Waals surface area contributed by atoms with Crippen LogP contribution < -0.4 is 4.74 Å². The third-order valence-electron chi connectivity index (χ3n) is 1.06. The monoisotopic (exact) mass is 177 g/mol. The minimum Gasteiger partial charge on any atom is -0.488 e. The fourth-order valence-corrected chi connectivity index (χ4v) is 1.75. The van der Waals surface area contributed by atoms with Crippen LogP contribution in [0.3, 0.4) is 0 Å². The highest BCUT2D eigenvalue weighted by molar-refractivity contribution is 7.60. The van der Waals surface area contributed by atoms with Gasteiger partial charge in [-0.1, -0.05) is 6.92 Å². The lowest BCUT2D eigenvalue weighted by atomic mass is 10.5. The summed E-state index contributed by atoms with van der Waals surface area (Å²) < 4.78 is 5.32. The minimum atomic E-state index is -0.202. The molecule has 0 fully saturated rings. The van der Waals surface area contributed by atoms with Gasteiger partial charge in [-0.15, -0.1) is 0 Å². The van der Waals surface area contributed by atoms with Crippen LogP contribution in [0.15, 0.2) is 16.8 Å². The van der Waals surface area contributed by atoms with E-state index >= 15 is 0 Å². The summed E-state index contributed by atoms with van der Waals surface area (Å²) in [5.41, 5.74) is 0. The van der Waals surface area contributed by atoms with Gasteiger partial charge < -0.3 is 4.74 Å². The standard InChI is InChI=1S/C7H10ClOS/c1-2-4-9-7-3-5-10(8)6-7/h3,5-6H,2,4H2,1H3/q+1. The van der Waals surface area contributed by atoms with Crippen LogP contribution >= 0.6 is 20.4 Å². The molecule has 0 radical (unpaired) electrons. The summed E-state index contributed by atoms with van der Waals surface area (Å²) in [5.74, 6) is 0.917. The maximum atomic E-state index is 5.77. The average molecular weight is 178 g/mol. The van der Waals surface area contributed by atoms with Gasteiger partial charge >= 0.3 is 0 Å². The van der Waals surface area contributed by atoms with Crippen LogP contribution in [0.1, 0.15) is 13.3 Å². The zero-order chi connectivity index (χ0) is 7.40. The van der Waals surface area contributed by atoms with Crippen molar-refractivity contribution in [2.24, 2.45) is 0 Å². The fraction of sp³-hybridized carbons (Fsp3) is 0.429. The molecule has 0 aliphatic rings. The smallest absolute Gasteiger partial charge is 0.210 e. The van der Waals surface area contributed by atoms with E-state index in [9.17, 15) is 0 Å². The molecular weight excluding hydrogens is 168 g/mol. The predicted octanol–water partition coefficient (Wildman–Crippen LogP) is 3.23. The van der Waals surface area contributed by atoms with Gasteiger partial charge in [-0.3, -0.25) is 0 Å². The maximum absolute atomic E-state index is 5.77. The number of thiophene rings is 1. The van der Waals surface area contributed by atoms with E-state index in [0.29, 0.717) is 0 Å². The Hall–Kier alpha value is -0.210. The van der Waals surface area contributed by atoms with Crippen molar-refractivity contribution >= 4 is 20.4 Å². The molecule has 10 heavy (non-hydrogen) atoms. The zero-order valence-corrected chi connectivity index (χ0v) is 7.41. The van der Waals surface area contributed by atoms with E-state index in [4.69, 9.17) is 15.4 Å². The van der Waals surface area contributed by atoms with Crippen LogP contribution in [0.5, 0.6) is 5.75 Å². The number of ether oxygens (including phenoxy) is 1. The van der Waals surface area contributed by atoms with Gasteiger partial charge in [-0.25, -0.2) is 0 Å². The average Bonchev–Trinajstić information content (AvgIpc) is 2.31. The molecule has 1 rings (SSSR count). The predicted molar refractivity (Wildman–Crippen MR) is 46.0 cm³/mol. The van der Waals surface area contributed by atoms with E-state index in [1.54, 1.807) is 0 Å². The second kappa shape index (κ2) is 3.84. The zero-order valence-electron chi connectivity index (χ0n) is 5.84. The molecule has 1 heterocycles. The van der Waals surface area contributed by atoms with Crippen LogP contribution in [-0.4, -0.2) is 6.61 Å². The summed E-state index contributed by atoms with van der Waals surface area (Å²) in [7, 11) is 5.57. The second-order valence-electron chi connectivity index (χ2n) is 1.99. The van der Waals surface area contributed by atoms with Gasteiger partial charge in [0.15, 0.2) is 16.5 Å². The number of rotatable bonds is 3. The van der Waals surface area contributed by atoms with Gasteiger partial charge in [0.1, 0.15) is 0 Å². The topological polar surface area (TPSA) is 9.23 Å². The molecule has 1 aromatic heterocycles. The molecular formula is C7H10ClOS+. The Kier molecular flexibility index (Phi) is 3.03. The number of halogens is 1. The Morgan fingerprint density at radius 2 is 2.50 bits per heavy atom. The lowest BCUT2D eigenvalue weighted by Gasteiger charge is -1.95. The van der Waals surface area contributed by atoms with Crippen molar-refractivity contribution < 1.29 is 4.74 Å². The van der Waals surface area contributed by atoms with Gasteiger partial charge in [0.25, 0.3) is 0 Å². The van der Waals surface area contributed by atoms with E-state index < -0.39 is 0 Å². The highest BCUT2D eigenvalue weighted by Crippen LogP contribution is 2.29. The van der Waals surface area contributed by atoms with Gasteiger partial charge in [-0.05, 0) is 6.42 Å². The molecule has 0 spiro atoms. The summed E-state index contributed by atoms with van der Waals surface area (Å²) in [4.78, 5) is 0. The molecule has 0 saturated heterocycles. The quantitative estimate of drug-likeness (QED) is 0.645. The van der Waals surface area contributed by atoms with Gasteiger partial charge in [0.05, 0.1) is 16.3 Å². The first-order chi connectivity index (χ1) is 4.83. The molecule has 1 aromatic rings. The van der Waals surface area contributed by atoms with Crippen LogP contribution in [0.25, 0.3) is 0 Å². The third kappa shape index (κ3) is 2.20. The van der Waals surface area contributed by atoms with Crippen molar-refractivity contribution in [1.82, 2.24) is 0 Å². The Balaban J connectivity index is 2.42. The van der Waals surface area contributed by atoms with Crippen LogP contribution in [0.4, 0.5) is 0 Å². The van der Waals surface area contributed by atoms with Gasteiger partial charge in [-0.2, -0.15) is 0 Å². The molecule has 3 heteroatoms. The largest absolute Gasteiger partial charge is 0.488 e. The summed E-state index contributed by atoms with van der Waals surface area (Å²) in [5, 5.41) is 3.86. The Bertz CT molecular complexity index is 197. The Morgan fingerprint density at radius 1 is 1.70 bits per heavy atom. The summed E-state index contributed by atoms with van der Waals surface area (Å²) in [6.07, 6.45) is 1.04. The van der Waals surface area contributed by atoms with Crippen LogP contribution in [-0.2, 0) is 0 Å². The molecule has 0 bridgehead atoms. The highest BCUT2D eigenvalue weighted by Gasteiger charge is 2.03. The third-order valence-corrected chi connectivity index (χ3v) is 2.49. The maximum Gasteiger partial charge on any atom is 0.210 e. The van der Waals surface area contributed by atoms with Crippen LogP contribution in [0.2, 0.25) is 0 Å². The Labute approximate surface area is 68.1 Å². The first-order valence-corrected chi connectivity index (χ1v) is 5.41. The van der Waals surface area contributed by atoms with E-state index in [0.717, 1.165) is 18.8 Å². The normalized spacial score (nSPS) is 11.6. The van der Waals surface area contributed by atoms with E-state index in [2.05, 4.69) is 6.92 Å². The molecule has 1 atom stereocenters. The molecule has 1 unspecified atom stereocenters. The van der Waals surface area contributed by atoms with E-state index in [1.807, 2.05) is 16.8 Å². The molecule has 1 nitrogen and oxygen atoms in total. The summed E-state index contributed by atoms with van der Waals surface area (Å²) in [6.45, 7) is 2.87. The minimum absolute atomic E-state index is 0.202. The molecule has 0 aliphatic heterocycles. The van der Waals surface area contributed by atoms with Crippen molar-refractivity contribution in [2.45, 2.75) is 13.3 Å². The van der Waals surface area contributed by atoms with Crippen molar-refractivity contribution in [2.75, 3.05) is 6.61 Å². The lowest BCUT2D eigenvalue weighted by molar-refractivity contribution is 0.319. The molecule has 56 valence electrons. The first-order valence-electron chi connectivity index (χ1n) is 3.24. The SMILES string of the molecule is CCCOc1cc[s+](Cl)c1. The van der Waals surface area contributed by atoms with Crippen molar-refractivity contribution in [1.29, 1.82) is 0 Å². The number of hydrogen-bond donors (Lipinski definition) is 0. The fourth-order valence-electron chi connectivity index (χ4n) is 0.624. The molecule has 0 aromatic carbocycles. The summed E-state index contributed by atoms with van der Waals surface area (Å²) >= 11 is 0. The van der Waals surface area contributed by atoms with Crippen molar-refractivity contribution in [3.63, 3.8) is 0 Å². The molecule has 0 N–H and O–H groups in total. The second-order valence-corrected chi connectivity index (χ2v) is 4.19. The molecule has 0 amide bonds. The summed E-state index contributed by atoms with van der Waals surface area (Å²) in [6, 6.07) is 1.92. The van der Waals surface area contributed by atoms with Gasteiger partial charge in [0, 0.05) is 6.07 Å². The van der Waals surface area contributed by atoms with Crippen molar-refractivity contribution in [3.8, 4) is 5.75 Å². The van der Waals surface area contributed by atoms with Gasteiger partial charge in [0.2, 0.25) is 10.7 Å². The Morgan fingerprint density at radius 3 is 3.00 bits per heavy atom. The molecule has 0 saturated carbocycles. The van der Waals surface area contributed by atoms with E-state index in [-0.39, 0.29) is 9.68 Å². The lowest BCUT2D eigenvalue weighted by Crippen LogP contribution is -1.92. The van der Waals surface area contributed by atoms with Crippen molar-refractivity contribution in [3.05, 3.63) is 16.8 Å². The van der Waals surface area contributed by atoms with E-state index in [1.165, 1.54) is 0 Å². The van der Waals surface area contributed by atoms with Crippen LogP contribution in [0, 0.1) is 0 Å². The first kappa shape index (κ1) is 7.89. The highest BCUT2D eigenvalue weighted by atomic mass is 35.7. The molecule has 0 aliphatic carbocycles.